The maximum atomic E-state index is 11.6. The molecule has 0 saturated heterocycles. The van der Waals surface area contributed by atoms with E-state index in [4.69, 9.17) is 4.74 Å². The van der Waals surface area contributed by atoms with E-state index in [1.165, 1.54) is 0 Å². The highest BCUT2D eigenvalue weighted by Crippen LogP contribution is 2.32. The van der Waals surface area contributed by atoms with E-state index in [0.29, 0.717) is 11.7 Å². The van der Waals surface area contributed by atoms with Crippen LogP contribution in [0, 0.1) is 12.8 Å². The molecule has 1 N–H and O–H groups in total. The molecule has 0 aliphatic rings. The lowest BCUT2D eigenvalue weighted by atomic mass is 10.0. The van der Waals surface area contributed by atoms with Crippen LogP contribution in [0.5, 0.6) is 5.75 Å². The maximum absolute atomic E-state index is 11.6. The number of rotatable bonds is 7. The highest BCUT2D eigenvalue weighted by molar-refractivity contribution is 5.90. The van der Waals surface area contributed by atoms with Crippen LogP contribution in [-0.2, 0) is 13.2 Å². The van der Waals surface area contributed by atoms with Gasteiger partial charge >= 0.3 is 5.97 Å². The molecule has 27 heavy (non-hydrogen) atoms. The number of carboxylic acids is 1. The third kappa shape index (κ3) is 4.34. The molecule has 0 saturated carbocycles. The first kappa shape index (κ1) is 18.6. The second kappa shape index (κ2) is 8.03. The predicted octanol–water partition coefficient (Wildman–Crippen LogP) is 4.19. The summed E-state index contributed by atoms with van der Waals surface area (Å²) in [5.41, 5.74) is 3.33. The number of benzene rings is 1. The summed E-state index contributed by atoms with van der Waals surface area (Å²) in [6, 6.07) is 9.63. The third-order valence-electron chi connectivity index (χ3n) is 4.21. The van der Waals surface area contributed by atoms with Gasteiger partial charge in [0, 0.05) is 35.6 Å². The van der Waals surface area contributed by atoms with E-state index in [0.717, 1.165) is 28.8 Å². The summed E-state index contributed by atoms with van der Waals surface area (Å²) in [6.07, 6.45) is 5.30. The number of aromatic carboxylic acids is 1. The van der Waals surface area contributed by atoms with Crippen molar-refractivity contribution in [1.29, 1.82) is 0 Å². The molecule has 0 aliphatic carbocycles. The minimum atomic E-state index is -1.11. The fourth-order valence-corrected chi connectivity index (χ4v) is 2.91. The number of nitrogens with zero attached hydrogens (tertiary/aromatic N) is 3. The Morgan fingerprint density at radius 1 is 1.22 bits per heavy atom. The summed E-state index contributed by atoms with van der Waals surface area (Å²) in [6.45, 7) is 7.21. The van der Waals surface area contributed by atoms with Gasteiger partial charge in [0.1, 0.15) is 6.61 Å². The molecule has 0 aliphatic heterocycles. The number of ether oxygens (including phenoxy) is 1. The van der Waals surface area contributed by atoms with Crippen LogP contribution in [0.15, 0.2) is 48.9 Å². The lowest BCUT2D eigenvalue weighted by Gasteiger charge is -2.14. The van der Waals surface area contributed by atoms with E-state index in [9.17, 15) is 9.90 Å². The van der Waals surface area contributed by atoms with Crippen molar-refractivity contribution in [3.8, 4) is 16.9 Å². The minimum Gasteiger partial charge on any atom is -0.486 e. The lowest BCUT2D eigenvalue weighted by molar-refractivity contribution is 0.0684. The second-order valence-electron chi connectivity index (χ2n) is 6.90. The van der Waals surface area contributed by atoms with Crippen molar-refractivity contribution in [3.05, 3.63) is 65.7 Å². The van der Waals surface area contributed by atoms with Crippen LogP contribution in [-0.4, -0.2) is 25.8 Å². The Bertz CT molecular complexity index is 933. The Morgan fingerprint density at radius 3 is 2.63 bits per heavy atom. The van der Waals surface area contributed by atoms with Gasteiger partial charge in [-0.2, -0.15) is 5.10 Å². The summed E-state index contributed by atoms with van der Waals surface area (Å²) in [4.78, 5) is 15.7. The fourth-order valence-electron chi connectivity index (χ4n) is 2.91. The number of pyridine rings is 1. The SMILES string of the molecule is Cc1c(-c2cnn(CC(C)C)c2)cnc(C(=O)O)c1OCc1ccccc1. The van der Waals surface area contributed by atoms with Gasteiger partial charge in [-0.3, -0.25) is 4.68 Å². The zero-order chi connectivity index (χ0) is 19.4. The lowest BCUT2D eigenvalue weighted by Crippen LogP contribution is -2.08. The Balaban J connectivity index is 1.94. The van der Waals surface area contributed by atoms with Crippen molar-refractivity contribution in [2.45, 2.75) is 33.9 Å². The topological polar surface area (TPSA) is 77.2 Å². The molecule has 0 spiro atoms. The first-order chi connectivity index (χ1) is 13.0. The third-order valence-corrected chi connectivity index (χ3v) is 4.21. The van der Waals surface area contributed by atoms with E-state index in [2.05, 4.69) is 23.9 Å². The van der Waals surface area contributed by atoms with Gasteiger partial charge in [0.2, 0.25) is 0 Å². The second-order valence-corrected chi connectivity index (χ2v) is 6.90. The van der Waals surface area contributed by atoms with Gasteiger partial charge in [0.05, 0.1) is 6.20 Å². The first-order valence-electron chi connectivity index (χ1n) is 8.88. The summed E-state index contributed by atoms with van der Waals surface area (Å²) < 4.78 is 7.76. The van der Waals surface area contributed by atoms with Crippen LogP contribution >= 0.6 is 0 Å². The van der Waals surface area contributed by atoms with E-state index < -0.39 is 5.97 Å². The Hall–Kier alpha value is -3.15. The summed E-state index contributed by atoms with van der Waals surface area (Å²) in [5.74, 6) is -0.334. The van der Waals surface area contributed by atoms with Gasteiger partial charge in [-0.05, 0) is 18.4 Å². The molecule has 2 aromatic heterocycles. The van der Waals surface area contributed by atoms with Crippen molar-refractivity contribution >= 4 is 5.97 Å². The van der Waals surface area contributed by atoms with Crippen LogP contribution in [0.2, 0.25) is 0 Å². The summed E-state index contributed by atoms with van der Waals surface area (Å²) in [5, 5.41) is 13.9. The van der Waals surface area contributed by atoms with E-state index >= 15 is 0 Å². The van der Waals surface area contributed by atoms with E-state index in [1.807, 2.05) is 48.1 Å². The molecule has 3 rings (SSSR count). The largest absolute Gasteiger partial charge is 0.486 e. The molecule has 2 heterocycles. The normalized spacial score (nSPS) is 11.0. The van der Waals surface area contributed by atoms with Crippen molar-refractivity contribution < 1.29 is 14.6 Å². The quantitative estimate of drug-likeness (QED) is 0.679. The Kier molecular flexibility index (Phi) is 5.54. The zero-order valence-corrected chi connectivity index (χ0v) is 15.7. The highest BCUT2D eigenvalue weighted by Gasteiger charge is 2.20. The van der Waals surface area contributed by atoms with Crippen LogP contribution in [0.1, 0.15) is 35.5 Å². The van der Waals surface area contributed by atoms with E-state index in [-0.39, 0.29) is 12.3 Å². The molecule has 6 heteroatoms. The van der Waals surface area contributed by atoms with Gasteiger partial charge in [0.25, 0.3) is 0 Å². The van der Waals surface area contributed by atoms with Gasteiger partial charge < -0.3 is 9.84 Å². The standard InChI is InChI=1S/C21H23N3O3/c1-14(2)11-24-12-17(9-23-24)18-10-22-19(21(25)26)20(15(18)3)27-13-16-7-5-4-6-8-16/h4-10,12,14H,11,13H2,1-3H3,(H,25,26). The predicted molar refractivity (Wildman–Crippen MR) is 103 cm³/mol. The molecule has 140 valence electrons. The van der Waals surface area contributed by atoms with Crippen molar-refractivity contribution in [2.24, 2.45) is 5.92 Å². The van der Waals surface area contributed by atoms with Gasteiger partial charge in [-0.1, -0.05) is 44.2 Å². The van der Waals surface area contributed by atoms with Crippen LogP contribution < -0.4 is 4.74 Å². The van der Waals surface area contributed by atoms with Crippen LogP contribution in [0.25, 0.3) is 11.1 Å². The van der Waals surface area contributed by atoms with Gasteiger partial charge in [-0.15, -0.1) is 0 Å². The Labute approximate surface area is 158 Å². The number of carboxylic acid groups (broad SMARTS) is 1. The smallest absolute Gasteiger partial charge is 0.358 e. The molecule has 3 aromatic rings. The Morgan fingerprint density at radius 2 is 1.96 bits per heavy atom. The average Bonchev–Trinajstić information content (AvgIpc) is 3.08. The molecule has 0 unspecified atom stereocenters. The summed E-state index contributed by atoms with van der Waals surface area (Å²) in [7, 11) is 0. The van der Waals surface area contributed by atoms with Crippen LogP contribution in [0.4, 0.5) is 0 Å². The number of aromatic nitrogens is 3. The number of hydrogen-bond donors (Lipinski definition) is 1. The molecular weight excluding hydrogens is 342 g/mol. The molecule has 0 fully saturated rings. The van der Waals surface area contributed by atoms with Gasteiger partial charge in [0.15, 0.2) is 11.4 Å². The monoisotopic (exact) mass is 365 g/mol. The molecule has 6 nitrogen and oxygen atoms in total. The van der Waals surface area contributed by atoms with E-state index in [1.54, 1.807) is 12.4 Å². The van der Waals surface area contributed by atoms with Crippen molar-refractivity contribution in [1.82, 2.24) is 14.8 Å². The maximum Gasteiger partial charge on any atom is 0.358 e. The number of carbonyl (C=O) groups is 1. The minimum absolute atomic E-state index is 0.0817. The van der Waals surface area contributed by atoms with Gasteiger partial charge in [-0.25, -0.2) is 9.78 Å². The highest BCUT2D eigenvalue weighted by atomic mass is 16.5. The fraction of sp³-hybridized carbons (Fsp3) is 0.286. The molecule has 1 aromatic carbocycles. The molecule has 0 bridgehead atoms. The molecule has 0 atom stereocenters. The number of hydrogen-bond acceptors (Lipinski definition) is 4. The van der Waals surface area contributed by atoms with Crippen molar-refractivity contribution in [2.75, 3.05) is 0 Å². The summed E-state index contributed by atoms with van der Waals surface area (Å²) >= 11 is 0. The average molecular weight is 365 g/mol. The first-order valence-corrected chi connectivity index (χ1v) is 8.88. The zero-order valence-electron chi connectivity index (χ0n) is 15.7. The molecule has 0 radical (unpaired) electrons. The van der Waals surface area contributed by atoms with Crippen molar-refractivity contribution in [3.63, 3.8) is 0 Å². The molecule has 0 amide bonds. The van der Waals surface area contributed by atoms with Crippen LogP contribution in [0.3, 0.4) is 0 Å². The molecular formula is C21H23N3O3.